The summed E-state index contributed by atoms with van der Waals surface area (Å²) in [5.74, 6) is 0.774. The van der Waals surface area contributed by atoms with Gasteiger partial charge in [0.15, 0.2) is 18.1 Å². The summed E-state index contributed by atoms with van der Waals surface area (Å²) in [7, 11) is 2.29. The molecule has 0 aliphatic rings. The molecule has 30 heavy (non-hydrogen) atoms. The molecule has 2 rings (SSSR count). The van der Waals surface area contributed by atoms with E-state index in [4.69, 9.17) is 14.2 Å². The first-order chi connectivity index (χ1) is 14.0. The minimum atomic E-state index is -3.63. The minimum Gasteiger partial charge on any atom is -0.493 e. The zero-order valence-electron chi connectivity index (χ0n) is 18.3. The van der Waals surface area contributed by atoms with Gasteiger partial charge in [0.25, 0.3) is 5.91 Å². The Kier molecular flexibility index (Phi) is 7.33. The van der Waals surface area contributed by atoms with Crippen LogP contribution >= 0.6 is 0 Å². The van der Waals surface area contributed by atoms with E-state index in [9.17, 15) is 13.2 Å². The molecule has 164 valence electrons. The van der Waals surface area contributed by atoms with Crippen molar-refractivity contribution in [1.29, 1.82) is 0 Å². The van der Waals surface area contributed by atoms with Crippen molar-refractivity contribution in [3.05, 3.63) is 41.0 Å². The second-order valence-corrected chi connectivity index (χ2v) is 9.19. The lowest BCUT2D eigenvalue weighted by molar-refractivity contribution is -0.118. The monoisotopic (exact) mass is 436 g/mol. The highest BCUT2D eigenvalue weighted by Gasteiger charge is 2.21. The second-order valence-electron chi connectivity index (χ2n) is 7.04. The van der Waals surface area contributed by atoms with Crippen LogP contribution in [0.5, 0.6) is 17.2 Å². The van der Waals surface area contributed by atoms with E-state index in [1.54, 1.807) is 25.1 Å². The summed E-state index contributed by atoms with van der Waals surface area (Å²) in [4.78, 5) is 12.6. The smallest absolute Gasteiger partial charge is 0.262 e. The number of nitrogens with zero attached hydrogens (tertiary/aromatic N) is 1. The second kappa shape index (κ2) is 9.36. The third-order valence-corrected chi connectivity index (χ3v) is 6.44. The maximum Gasteiger partial charge on any atom is 0.262 e. The molecule has 1 N–H and O–H groups in total. The van der Waals surface area contributed by atoms with Crippen LogP contribution < -0.4 is 19.5 Å². The van der Waals surface area contributed by atoms with Crippen LogP contribution in [0.3, 0.4) is 0 Å². The molecule has 0 aromatic heterocycles. The zero-order chi connectivity index (χ0) is 22.6. The van der Waals surface area contributed by atoms with Crippen LogP contribution in [-0.4, -0.2) is 53.6 Å². The number of amides is 1. The van der Waals surface area contributed by atoms with Gasteiger partial charge in [-0.1, -0.05) is 0 Å². The highest BCUT2D eigenvalue weighted by molar-refractivity contribution is 7.89. The minimum absolute atomic E-state index is 0.105. The molecular weight excluding hydrogens is 408 g/mol. The van der Waals surface area contributed by atoms with Gasteiger partial charge in [-0.2, -0.15) is 0 Å². The molecule has 0 radical (unpaired) electrons. The number of ether oxygens (including phenoxy) is 3. The SMILES string of the molecule is COc1cc(C)cc(OC)c1OCC(=O)Nc1cc(S(=O)(=O)N(C)C)cc(C)c1C. The molecule has 0 spiro atoms. The van der Waals surface area contributed by atoms with Crippen LogP contribution in [0.25, 0.3) is 0 Å². The largest absolute Gasteiger partial charge is 0.493 e. The fourth-order valence-corrected chi connectivity index (χ4v) is 3.81. The molecule has 8 nitrogen and oxygen atoms in total. The van der Waals surface area contributed by atoms with Crippen LogP contribution in [-0.2, 0) is 14.8 Å². The van der Waals surface area contributed by atoms with Gasteiger partial charge in [-0.15, -0.1) is 0 Å². The Bertz CT molecular complexity index is 1020. The van der Waals surface area contributed by atoms with E-state index >= 15 is 0 Å². The molecule has 2 aromatic rings. The molecule has 0 aliphatic carbocycles. The number of benzene rings is 2. The predicted molar refractivity (Wildman–Crippen MR) is 115 cm³/mol. The average Bonchev–Trinajstić information content (AvgIpc) is 2.69. The van der Waals surface area contributed by atoms with E-state index in [1.165, 1.54) is 34.4 Å². The number of methoxy groups -OCH3 is 2. The van der Waals surface area contributed by atoms with E-state index < -0.39 is 15.9 Å². The van der Waals surface area contributed by atoms with Gasteiger partial charge in [-0.25, -0.2) is 12.7 Å². The quantitative estimate of drug-likeness (QED) is 0.684. The summed E-state index contributed by atoms with van der Waals surface area (Å²) in [6, 6.07) is 6.58. The number of aryl methyl sites for hydroxylation is 2. The summed E-state index contributed by atoms with van der Waals surface area (Å²) in [5.41, 5.74) is 2.85. The molecular formula is C21H28N2O6S. The molecule has 2 aromatic carbocycles. The van der Waals surface area contributed by atoms with E-state index in [1.807, 2.05) is 13.8 Å². The average molecular weight is 437 g/mol. The predicted octanol–water partition coefficient (Wildman–Crippen LogP) is 2.90. The Morgan fingerprint density at radius 3 is 2.07 bits per heavy atom. The molecule has 9 heteroatoms. The lowest BCUT2D eigenvalue weighted by atomic mass is 10.1. The third kappa shape index (κ3) is 5.03. The fraction of sp³-hybridized carbons (Fsp3) is 0.381. The normalized spacial score (nSPS) is 11.3. The van der Waals surface area contributed by atoms with E-state index in [0.29, 0.717) is 22.9 Å². The number of nitrogens with one attached hydrogen (secondary N) is 1. The van der Waals surface area contributed by atoms with Gasteiger partial charge in [0, 0.05) is 19.8 Å². The molecule has 1 amide bonds. The summed E-state index contributed by atoms with van der Waals surface area (Å²) < 4.78 is 42.4. The van der Waals surface area contributed by atoms with Gasteiger partial charge in [0.05, 0.1) is 19.1 Å². The van der Waals surface area contributed by atoms with Crippen LogP contribution in [0.2, 0.25) is 0 Å². The van der Waals surface area contributed by atoms with E-state index in [0.717, 1.165) is 21.0 Å². The molecule has 0 bridgehead atoms. The van der Waals surface area contributed by atoms with Crippen molar-refractivity contribution in [3.63, 3.8) is 0 Å². The Morgan fingerprint density at radius 1 is 1.00 bits per heavy atom. The highest BCUT2D eigenvalue weighted by atomic mass is 32.2. The lowest BCUT2D eigenvalue weighted by Crippen LogP contribution is -2.24. The summed E-state index contributed by atoms with van der Waals surface area (Å²) >= 11 is 0. The topological polar surface area (TPSA) is 94.2 Å². The van der Waals surface area contributed by atoms with Gasteiger partial charge in [0.1, 0.15) is 0 Å². The third-order valence-electron chi connectivity index (χ3n) is 4.65. The number of hydrogen-bond donors (Lipinski definition) is 1. The van der Waals surface area contributed by atoms with Crippen molar-refractivity contribution in [3.8, 4) is 17.2 Å². The number of hydrogen-bond acceptors (Lipinski definition) is 6. The Balaban J connectivity index is 2.25. The Hall–Kier alpha value is -2.78. The zero-order valence-corrected chi connectivity index (χ0v) is 19.1. The Labute approximate surface area is 177 Å². The standard InChI is InChI=1S/C21H28N2O6S/c1-13-8-18(27-6)21(19(9-13)28-7)29-12-20(24)22-17-11-16(10-14(2)15(17)3)30(25,26)23(4)5/h8-11H,12H2,1-7H3,(H,22,24). The Morgan fingerprint density at radius 2 is 1.57 bits per heavy atom. The van der Waals surface area contributed by atoms with E-state index in [-0.39, 0.29) is 11.5 Å². The first kappa shape index (κ1) is 23.5. The lowest BCUT2D eigenvalue weighted by Gasteiger charge is -2.17. The highest BCUT2D eigenvalue weighted by Crippen LogP contribution is 2.38. The van der Waals surface area contributed by atoms with Crippen molar-refractivity contribution < 1.29 is 27.4 Å². The van der Waals surface area contributed by atoms with Crippen molar-refractivity contribution in [2.45, 2.75) is 25.7 Å². The number of carbonyl (C=O) groups excluding carboxylic acids is 1. The van der Waals surface area contributed by atoms with Gasteiger partial charge in [-0.3, -0.25) is 4.79 Å². The molecule has 0 saturated heterocycles. The molecule has 0 atom stereocenters. The van der Waals surface area contributed by atoms with Gasteiger partial charge in [-0.05, 0) is 61.7 Å². The molecule has 0 fully saturated rings. The first-order valence-electron chi connectivity index (χ1n) is 9.20. The molecule has 0 heterocycles. The summed E-state index contributed by atoms with van der Waals surface area (Å²) in [6.45, 7) is 5.18. The van der Waals surface area contributed by atoms with Crippen molar-refractivity contribution in [2.24, 2.45) is 0 Å². The van der Waals surface area contributed by atoms with Gasteiger partial charge < -0.3 is 19.5 Å². The molecule has 0 unspecified atom stereocenters. The number of rotatable bonds is 8. The maximum absolute atomic E-state index is 12.5. The van der Waals surface area contributed by atoms with Gasteiger partial charge >= 0.3 is 0 Å². The fourth-order valence-electron chi connectivity index (χ4n) is 2.79. The van der Waals surface area contributed by atoms with Crippen molar-refractivity contribution >= 4 is 21.6 Å². The number of carbonyl (C=O) groups is 1. The first-order valence-corrected chi connectivity index (χ1v) is 10.6. The van der Waals surface area contributed by atoms with Crippen LogP contribution in [0.4, 0.5) is 5.69 Å². The van der Waals surface area contributed by atoms with Crippen molar-refractivity contribution in [2.75, 3.05) is 40.2 Å². The summed E-state index contributed by atoms with van der Waals surface area (Å²) in [5, 5.41) is 2.73. The molecule has 0 saturated carbocycles. The van der Waals surface area contributed by atoms with Crippen LogP contribution in [0, 0.1) is 20.8 Å². The summed E-state index contributed by atoms with van der Waals surface area (Å²) in [6.07, 6.45) is 0. The van der Waals surface area contributed by atoms with Crippen molar-refractivity contribution in [1.82, 2.24) is 4.31 Å². The maximum atomic E-state index is 12.5. The number of sulfonamides is 1. The van der Waals surface area contributed by atoms with E-state index in [2.05, 4.69) is 5.32 Å². The van der Waals surface area contributed by atoms with Gasteiger partial charge in [0.2, 0.25) is 15.8 Å². The number of anilines is 1. The molecule has 0 aliphatic heterocycles. The van der Waals surface area contributed by atoms with Crippen LogP contribution in [0.1, 0.15) is 16.7 Å². The van der Waals surface area contributed by atoms with Crippen LogP contribution in [0.15, 0.2) is 29.2 Å².